The standard InChI is InChI=1S/C13H14F3N3O2S2/c1-19(2)23(20,21)10-5-3-9(4-6-10)7-17-12-18-8-11(22-12)13(14,15)16/h3-6,8H,7H2,1-2H3,(H,17,18). The van der Waals surface area contributed by atoms with Crippen molar-refractivity contribution in [2.75, 3.05) is 19.4 Å². The van der Waals surface area contributed by atoms with Crippen LogP contribution in [0.1, 0.15) is 10.4 Å². The van der Waals surface area contributed by atoms with Crippen LogP contribution >= 0.6 is 11.3 Å². The van der Waals surface area contributed by atoms with Crippen LogP contribution in [0.5, 0.6) is 0 Å². The van der Waals surface area contributed by atoms with Gasteiger partial charge in [0.1, 0.15) is 4.88 Å². The summed E-state index contributed by atoms with van der Waals surface area (Å²) in [6, 6.07) is 6.11. The van der Waals surface area contributed by atoms with Crippen LogP contribution in [-0.4, -0.2) is 31.8 Å². The number of halogens is 3. The van der Waals surface area contributed by atoms with Gasteiger partial charge in [0.05, 0.1) is 11.1 Å². The van der Waals surface area contributed by atoms with Crippen LogP contribution in [0.4, 0.5) is 18.3 Å². The molecular formula is C13H14F3N3O2S2. The summed E-state index contributed by atoms with van der Waals surface area (Å²) in [5.74, 6) is 0. The van der Waals surface area contributed by atoms with Gasteiger partial charge in [-0.15, -0.1) is 0 Å². The molecule has 0 unspecified atom stereocenters. The molecular weight excluding hydrogens is 351 g/mol. The minimum absolute atomic E-state index is 0.153. The van der Waals surface area contributed by atoms with Crippen LogP contribution in [0.3, 0.4) is 0 Å². The van der Waals surface area contributed by atoms with Crippen LogP contribution in [0.2, 0.25) is 0 Å². The van der Waals surface area contributed by atoms with Gasteiger partial charge >= 0.3 is 6.18 Å². The molecule has 126 valence electrons. The maximum absolute atomic E-state index is 12.5. The highest BCUT2D eigenvalue weighted by Crippen LogP contribution is 2.35. The number of thiazole rings is 1. The van der Waals surface area contributed by atoms with E-state index in [0.717, 1.165) is 16.1 Å². The number of nitrogens with zero attached hydrogens (tertiary/aromatic N) is 2. The number of nitrogens with one attached hydrogen (secondary N) is 1. The Kier molecular flexibility index (Phi) is 4.97. The summed E-state index contributed by atoms with van der Waals surface area (Å²) in [5.41, 5.74) is 0.728. The van der Waals surface area contributed by atoms with Crippen molar-refractivity contribution in [1.29, 1.82) is 0 Å². The zero-order valence-corrected chi connectivity index (χ0v) is 13.9. The van der Waals surface area contributed by atoms with E-state index in [1.165, 1.54) is 26.2 Å². The maximum atomic E-state index is 12.5. The zero-order valence-electron chi connectivity index (χ0n) is 12.3. The number of hydrogen-bond acceptors (Lipinski definition) is 5. The molecule has 0 spiro atoms. The van der Waals surface area contributed by atoms with E-state index in [-0.39, 0.29) is 16.6 Å². The van der Waals surface area contributed by atoms with Crippen molar-refractivity contribution in [2.45, 2.75) is 17.6 Å². The molecule has 0 saturated heterocycles. The monoisotopic (exact) mass is 365 g/mol. The Hall–Kier alpha value is -1.65. The minimum Gasteiger partial charge on any atom is -0.357 e. The van der Waals surface area contributed by atoms with Gasteiger partial charge < -0.3 is 5.32 Å². The van der Waals surface area contributed by atoms with Crippen LogP contribution in [0.15, 0.2) is 35.4 Å². The van der Waals surface area contributed by atoms with Gasteiger partial charge in [0, 0.05) is 20.6 Å². The predicted octanol–water partition coefficient (Wildman–Crippen LogP) is 3.02. The first-order valence-corrected chi connectivity index (χ1v) is 8.65. The van der Waals surface area contributed by atoms with Crippen molar-refractivity contribution in [3.05, 3.63) is 40.9 Å². The van der Waals surface area contributed by atoms with Gasteiger partial charge in [0.15, 0.2) is 5.13 Å². The lowest BCUT2D eigenvalue weighted by molar-refractivity contribution is -0.134. The maximum Gasteiger partial charge on any atom is 0.427 e. The molecule has 1 heterocycles. The highest BCUT2D eigenvalue weighted by atomic mass is 32.2. The molecule has 0 aliphatic rings. The van der Waals surface area contributed by atoms with Crippen LogP contribution in [0, 0.1) is 0 Å². The summed E-state index contributed by atoms with van der Waals surface area (Å²) in [6.07, 6.45) is -3.63. The fourth-order valence-corrected chi connectivity index (χ4v) is 3.24. The van der Waals surface area contributed by atoms with Crippen LogP contribution in [0.25, 0.3) is 0 Å². The second kappa shape index (κ2) is 6.46. The summed E-state index contributed by atoms with van der Waals surface area (Å²) in [7, 11) is -0.624. The van der Waals surface area contributed by atoms with Gasteiger partial charge in [-0.05, 0) is 17.7 Å². The van der Waals surface area contributed by atoms with Crippen molar-refractivity contribution >= 4 is 26.5 Å². The normalized spacial score (nSPS) is 12.6. The lowest BCUT2D eigenvalue weighted by Gasteiger charge is -2.11. The molecule has 1 aromatic heterocycles. The molecule has 0 aliphatic carbocycles. The molecule has 23 heavy (non-hydrogen) atoms. The summed E-state index contributed by atoms with van der Waals surface area (Å²) in [6.45, 7) is 0.243. The summed E-state index contributed by atoms with van der Waals surface area (Å²) in [4.78, 5) is 3.04. The Morgan fingerprint density at radius 2 is 1.83 bits per heavy atom. The Bertz CT molecular complexity index is 769. The van der Waals surface area contributed by atoms with Gasteiger partial charge in [0.25, 0.3) is 0 Å². The fraction of sp³-hybridized carbons (Fsp3) is 0.308. The number of benzene rings is 1. The van der Waals surface area contributed by atoms with Crippen molar-refractivity contribution < 1.29 is 21.6 Å². The Labute approximate surface area is 135 Å². The topological polar surface area (TPSA) is 62.3 Å². The number of rotatable bonds is 5. The number of alkyl halides is 3. The third-order valence-corrected chi connectivity index (χ3v) is 5.76. The van der Waals surface area contributed by atoms with Gasteiger partial charge in [-0.2, -0.15) is 13.2 Å². The quantitative estimate of drug-likeness (QED) is 0.885. The second-order valence-electron chi connectivity index (χ2n) is 4.81. The van der Waals surface area contributed by atoms with Crippen LogP contribution in [-0.2, 0) is 22.7 Å². The first kappa shape index (κ1) is 17.7. The van der Waals surface area contributed by atoms with Gasteiger partial charge in [-0.3, -0.25) is 0 Å². The predicted molar refractivity (Wildman–Crippen MR) is 81.8 cm³/mol. The molecule has 2 aromatic rings. The van der Waals surface area contributed by atoms with E-state index in [1.807, 2.05) is 0 Å². The average molecular weight is 365 g/mol. The first-order chi connectivity index (χ1) is 10.6. The van der Waals surface area contributed by atoms with E-state index in [1.54, 1.807) is 12.1 Å². The van der Waals surface area contributed by atoms with Crippen molar-refractivity contribution in [1.82, 2.24) is 9.29 Å². The van der Waals surface area contributed by atoms with Crippen molar-refractivity contribution in [3.8, 4) is 0 Å². The Morgan fingerprint density at radius 1 is 1.22 bits per heavy atom. The lowest BCUT2D eigenvalue weighted by atomic mass is 10.2. The van der Waals surface area contributed by atoms with E-state index >= 15 is 0 Å². The zero-order chi connectivity index (χ0) is 17.3. The molecule has 10 heteroatoms. The molecule has 0 bridgehead atoms. The summed E-state index contributed by atoms with van der Waals surface area (Å²) in [5, 5.41) is 2.94. The van der Waals surface area contributed by atoms with Crippen molar-refractivity contribution in [3.63, 3.8) is 0 Å². The van der Waals surface area contributed by atoms with Crippen LogP contribution < -0.4 is 5.32 Å². The molecule has 0 saturated carbocycles. The van der Waals surface area contributed by atoms with Gasteiger partial charge in [-0.1, -0.05) is 23.5 Å². The smallest absolute Gasteiger partial charge is 0.357 e. The summed E-state index contributed by atoms with van der Waals surface area (Å²) >= 11 is 0.521. The van der Waals surface area contributed by atoms with Crippen molar-refractivity contribution in [2.24, 2.45) is 0 Å². The first-order valence-electron chi connectivity index (χ1n) is 6.39. The molecule has 1 aromatic carbocycles. The van der Waals surface area contributed by atoms with Gasteiger partial charge in [-0.25, -0.2) is 17.7 Å². The largest absolute Gasteiger partial charge is 0.427 e. The second-order valence-corrected chi connectivity index (χ2v) is 7.99. The number of aromatic nitrogens is 1. The number of hydrogen-bond donors (Lipinski definition) is 1. The Balaban J connectivity index is 2.04. The van der Waals surface area contributed by atoms with E-state index in [4.69, 9.17) is 0 Å². The highest BCUT2D eigenvalue weighted by Gasteiger charge is 2.33. The third kappa shape index (κ3) is 4.21. The molecule has 0 fully saturated rings. The number of sulfonamides is 1. The molecule has 5 nitrogen and oxygen atoms in total. The molecule has 1 N–H and O–H groups in total. The fourth-order valence-electron chi connectivity index (χ4n) is 1.65. The SMILES string of the molecule is CN(C)S(=O)(=O)c1ccc(CNc2ncc(C(F)(F)F)s2)cc1. The number of anilines is 1. The molecule has 0 amide bonds. The highest BCUT2D eigenvalue weighted by molar-refractivity contribution is 7.89. The van der Waals surface area contributed by atoms with Gasteiger partial charge in [0.2, 0.25) is 10.0 Å². The molecule has 0 radical (unpaired) electrons. The summed E-state index contributed by atoms with van der Waals surface area (Å²) < 4.78 is 62.3. The van der Waals surface area contributed by atoms with E-state index < -0.39 is 21.1 Å². The van der Waals surface area contributed by atoms with E-state index in [2.05, 4.69) is 10.3 Å². The molecule has 0 aliphatic heterocycles. The third-order valence-electron chi connectivity index (χ3n) is 2.93. The Morgan fingerprint density at radius 3 is 2.30 bits per heavy atom. The minimum atomic E-state index is -4.40. The lowest BCUT2D eigenvalue weighted by Crippen LogP contribution is -2.22. The molecule has 2 rings (SSSR count). The van der Waals surface area contributed by atoms with E-state index in [0.29, 0.717) is 11.3 Å². The van der Waals surface area contributed by atoms with E-state index in [9.17, 15) is 21.6 Å². The molecule has 0 atom stereocenters. The average Bonchev–Trinajstić information content (AvgIpc) is 2.94.